The van der Waals surface area contributed by atoms with Gasteiger partial charge in [-0.05, 0) is 86.9 Å². The van der Waals surface area contributed by atoms with E-state index in [1.807, 2.05) is 12.1 Å². The molecule has 0 bridgehead atoms. The van der Waals surface area contributed by atoms with Gasteiger partial charge in [0.2, 0.25) is 0 Å². The molecule has 248 valence electrons. The number of furan rings is 2. The first-order valence-corrected chi connectivity index (χ1v) is 18.0. The Morgan fingerprint density at radius 3 is 1.66 bits per heavy atom. The van der Waals surface area contributed by atoms with Gasteiger partial charge in [-0.15, -0.1) is 0 Å². The molecule has 11 rings (SSSR count). The third-order valence-corrected chi connectivity index (χ3v) is 10.7. The molecule has 0 aliphatic heterocycles. The minimum absolute atomic E-state index is 0.859. The van der Waals surface area contributed by atoms with E-state index in [1.165, 1.54) is 27.3 Å². The molecule has 0 atom stereocenters. The minimum Gasteiger partial charge on any atom is -0.455 e. The molecule has 0 unspecified atom stereocenters. The maximum Gasteiger partial charge on any atom is 0.159 e. The van der Waals surface area contributed by atoms with Crippen molar-refractivity contribution in [3.8, 4) is 22.3 Å². The van der Waals surface area contributed by atoms with E-state index in [4.69, 9.17) is 8.83 Å². The molecule has 2 heterocycles. The van der Waals surface area contributed by atoms with Crippen molar-refractivity contribution in [1.82, 2.24) is 0 Å². The summed E-state index contributed by atoms with van der Waals surface area (Å²) in [7, 11) is 0. The van der Waals surface area contributed by atoms with Crippen LogP contribution in [0.15, 0.2) is 197 Å². The molecule has 2 aromatic heterocycles. The SMILES string of the molecule is c1ccc2c(-c3ccc(N(c4ccc(-c5cccc6oc7c8ccccc8ccc7c56)cc4)c4cccc5c4oc4ccccc45)cc3)cccc2c1. The van der Waals surface area contributed by atoms with Gasteiger partial charge in [-0.25, -0.2) is 0 Å². The quantitative estimate of drug-likeness (QED) is 0.182. The molecule has 0 fully saturated rings. The smallest absolute Gasteiger partial charge is 0.159 e. The van der Waals surface area contributed by atoms with Crippen LogP contribution >= 0.6 is 0 Å². The Labute approximate surface area is 305 Å². The van der Waals surface area contributed by atoms with Gasteiger partial charge in [0.25, 0.3) is 0 Å². The van der Waals surface area contributed by atoms with Crippen LogP contribution in [0.4, 0.5) is 17.1 Å². The summed E-state index contributed by atoms with van der Waals surface area (Å²) in [6.07, 6.45) is 0. The molecule has 0 N–H and O–H groups in total. The van der Waals surface area contributed by atoms with Crippen LogP contribution in [0.2, 0.25) is 0 Å². The predicted octanol–water partition coefficient (Wildman–Crippen LogP) is 14.6. The second-order valence-electron chi connectivity index (χ2n) is 13.7. The zero-order valence-electron chi connectivity index (χ0n) is 28.7. The van der Waals surface area contributed by atoms with Gasteiger partial charge in [0, 0.05) is 38.3 Å². The molecule has 0 saturated heterocycles. The third kappa shape index (κ3) is 4.68. The van der Waals surface area contributed by atoms with Gasteiger partial charge in [-0.1, -0.05) is 140 Å². The lowest BCUT2D eigenvalue weighted by Crippen LogP contribution is -2.10. The minimum atomic E-state index is 0.859. The molecule has 3 nitrogen and oxygen atoms in total. The monoisotopic (exact) mass is 677 g/mol. The van der Waals surface area contributed by atoms with Gasteiger partial charge in [0.05, 0.1) is 5.69 Å². The van der Waals surface area contributed by atoms with Gasteiger partial charge >= 0.3 is 0 Å². The van der Waals surface area contributed by atoms with Gasteiger partial charge < -0.3 is 13.7 Å². The number of para-hydroxylation sites is 2. The van der Waals surface area contributed by atoms with E-state index in [-0.39, 0.29) is 0 Å². The maximum absolute atomic E-state index is 6.60. The first-order chi connectivity index (χ1) is 26.3. The number of nitrogens with zero attached hydrogens (tertiary/aromatic N) is 1. The highest BCUT2D eigenvalue weighted by Crippen LogP contribution is 2.44. The van der Waals surface area contributed by atoms with E-state index in [0.717, 1.165) is 77.5 Å². The van der Waals surface area contributed by atoms with E-state index in [9.17, 15) is 0 Å². The Hall–Kier alpha value is -7.10. The molecule has 0 amide bonds. The number of hydrogen-bond donors (Lipinski definition) is 0. The van der Waals surface area contributed by atoms with Crippen LogP contribution in [0.3, 0.4) is 0 Å². The van der Waals surface area contributed by atoms with E-state index >= 15 is 0 Å². The Morgan fingerprint density at radius 1 is 0.321 bits per heavy atom. The summed E-state index contributed by atoms with van der Waals surface area (Å²) in [5.74, 6) is 0. The van der Waals surface area contributed by atoms with Crippen LogP contribution in [0.25, 0.3) is 87.7 Å². The number of hydrogen-bond acceptors (Lipinski definition) is 3. The van der Waals surface area contributed by atoms with Crippen molar-refractivity contribution in [2.75, 3.05) is 4.90 Å². The lowest BCUT2D eigenvalue weighted by atomic mass is 9.97. The van der Waals surface area contributed by atoms with Crippen molar-refractivity contribution in [2.24, 2.45) is 0 Å². The van der Waals surface area contributed by atoms with Crippen LogP contribution in [-0.2, 0) is 0 Å². The predicted molar refractivity (Wildman–Crippen MR) is 222 cm³/mol. The van der Waals surface area contributed by atoms with Crippen LogP contribution in [0, 0.1) is 0 Å². The normalized spacial score (nSPS) is 11.8. The summed E-state index contributed by atoms with van der Waals surface area (Å²) in [5.41, 5.74) is 11.3. The van der Waals surface area contributed by atoms with Crippen molar-refractivity contribution in [3.63, 3.8) is 0 Å². The molecule has 0 aliphatic rings. The van der Waals surface area contributed by atoms with Gasteiger partial charge in [0.1, 0.15) is 16.7 Å². The average Bonchev–Trinajstić information content (AvgIpc) is 3.81. The zero-order chi connectivity index (χ0) is 34.9. The van der Waals surface area contributed by atoms with Crippen molar-refractivity contribution in [3.05, 3.63) is 188 Å². The number of benzene rings is 9. The van der Waals surface area contributed by atoms with Crippen molar-refractivity contribution in [1.29, 1.82) is 0 Å². The average molecular weight is 678 g/mol. The van der Waals surface area contributed by atoms with Crippen molar-refractivity contribution in [2.45, 2.75) is 0 Å². The summed E-state index contributed by atoms with van der Waals surface area (Å²) in [6, 6.07) is 66.7. The standard InChI is InChI=1S/C50H31NO2/c1-3-13-38-32(10-1)12-7-16-39(38)34-22-27-36(28-23-34)51(45-19-8-18-43-42-15-5-6-20-46(42)52-50(43)45)37-29-24-35(25-30-37)40-17-9-21-47-48(40)44-31-26-33-11-2-4-14-41(33)49(44)53-47/h1-31H. The summed E-state index contributed by atoms with van der Waals surface area (Å²) in [4.78, 5) is 2.31. The third-order valence-electron chi connectivity index (χ3n) is 10.7. The Balaban J connectivity index is 1.06. The number of anilines is 3. The summed E-state index contributed by atoms with van der Waals surface area (Å²) in [5, 5.41) is 9.25. The van der Waals surface area contributed by atoms with E-state index in [0.29, 0.717) is 0 Å². The first-order valence-electron chi connectivity index (χ1n) is 18.0. The molecule has 3 heteroatoms. The topological polar surface area (TPSA) is 29.5 Å². The molecular weight excluding hydrogens is 647 g/mol. The fourth-order valence-corrected chi connectivity index (χ4v) is 8.19. The molecule has 0 saturated carbocycles. The van der Waals surface area contributed by atoms with Crippen LogP contribution in [-0.4, -0.2) is 0 Å². The molecule has 11 aromatic rings. The molecule has 0 aliphatic carbocycles. The Morgan fingerprint density at radius 2 is 0.868 bits per heavy atom. The highest BCUT2D eigenvalue weighted by Gasteiger charge is 2.20. The summed E-state index contributed by atoms with van der Waals surface area (Å²) >= 11 is 0. The van der Waals surface area contributed by atoms with E-state index in [2.05, 4.69) is 181 Å². The van der Waals surface area contributed by atoms with Gasteiger partial charge in [-0.3, -0.25) is 0 Å². The first kappa shape index (κ1) is 29.6. The van der Waals surface area contributed by atoms with Gasteiger partial charge in [0.15, 0.2) is 5.58 Å². The summed E-state index contributed by atoms with van der Waals surface area (Å²) in [6.45, 7) is 0. The fraction of sp³-hybridized carbons (Fsp3) is 0. The largest absolute Gasteiger partial charge is 0.455 e. The highest BCUT2D eigenvalue weighted by atomic mass is 16.3. The highest BCUT2D eigenvalue weighted by molar-refractivity contribution is 6.19. The second kappa shape index (κ2) is 11.7. The number of rotatable bonds is 5. The Bertz CT molecular complexity index is 3160. The zero-order valence-corrected chi connectivity index (χ0v) is 28.7. The molecular formula is C50H31NO2. The lowest BCUT2D eigenvalue weighted by molar-refractivity contribution is 0.669. The fourth-order valence-electron chi connectivity index (χ4n) is 8.19. The number of fused-ring (bicyclic) bond motifs is 9. The van der Waals surface area contributed by atoms with E-state index < -0.39 is 0 Å². The molecule has 53 heavy (non-hydrogen) atoms. The van der Waals surface area contributed by atoms with E-state index in [1.54, 1.807) is 0 Å². The van der Waals surface area contributed by atoms with Crippen molar-refractivity contribution < 1.29 is 8.83 Å². The molecule has 0 spiro atoms. The van der Waals surface area contributed by atoms with Crippen LogP contribution < -0.4 is 4.90 Å². The van der Waals surface area contributed by atoms with Gasteiger partial charge in [-0.2, -0.15) is 0 Å². The maximum atomic E-state index is 6.60. The molecule has 0 radical (unpaired) electrons. The molecule has 9 aromatic carbocycles. The summed E-state index contributed by atoms with van der Waals surface area (Å²) < 4.78 is 13.1. The second-order valence-corrected chi connectivity index (χ2v) is 13.7. The lowest BCUT2D eigenvalue weighted by Gasteiger charge is -2.26. The van der Waals surface area contributed by atoms with Crippen molar-refractivity contribution >= 4 is 82.5 Å². The van der Waals surface area contributed by atoms with Crippen LogP contribution in [0.5, 0.6) is 0 Å². The van der Waals surface area contributed by atoms with Crippen LogP contribution in [0.1, 0.15) is 0 Å². The Kier molecular flexibility index (Phi) is 6.55.